The SMILES string of the molecule is COC(=O)C(I)CNCCOc1ccccc1OC. The zero-order chi connectivity index (χ0) is 14.1. The topological polar surface area (TPSA) is 56.8 Å². The van der Waals surface area contributed by atoms with Crippen LogP contribution in [0.1, 0.15) is 0 Å². The number of hydrogen-bond acceptors (Lipinski definition) is 5. The molecule has 1 N–H and O–H groups in total. The number of methoxy groups -OCH3 is 2. The zero-order valence-corrected chi connectivity index (χ0v) is 13.2. The van der Waals surface area contributed by atoms with Crippen molar-refractivity contribution < 1.29 is 19.0 Å². The molecule has 1 aromatic rings. The van der Waals surface area contributed by atoms with Crippen LogP contribution >= 0.6 is 22.6 Å². The van der Waals surface area contributed by atoms with Crippen LogP contribution in [0, 0.1) is 0 Å². The Kier molecular flexibility index (Phi) is 7.57. The molecule has 0 saturated heterocycles. The van der Waals surface area contributed by atoms with Crippen molar-refractivity contribution in [2.24, 2.45) is 0 Å². The highest BCUT2D eigenvalue weighted by atomic mass is 127. The molecule has 0 amide bonds. The molecule has 5 nitrogen and oxygen atoms in total. The van der Waals surface area contributed by atoms with E-state index in [1.807, 2.05) is 46.9 Å². The van der Waals surface area contributed by atoms with E-state index < -0.39 is 0 Å². The summed E-state index contributed by atoms with van der Waals surface area (Å²) in [5.74, 6) is 1.20. The van der Waals surface area contributed by atoms with Crippen molar-refractivity contribution in [1.82, 2.24) is 5.32 Å². The van der Waals surface area contributed by atoms with Gasteiger partial charge in [0.25, 0.3) is 0 Å². The van der Waals surface area contributed by atoms with Gasteiger partial charge in [0.2, 0.25) is 0 Å². The first-order valence-electron chi connectivity index (χ1n) is 5.87. The summed E-state index contributed by atoms with van der Waals surface area (Å²) in [6, 6.07) is 7.49. The average Bonchev–Trinajstić information content (AvgIpc) is 2.46. The molecule has 0 aromatic heterocycles. The number of carbonyl (C=O) groups excluding carboxylic acids is 1. The molecular formula is C13H18INO4. The summed E-state index contributed by atoms with van der Waals surface area (Å²) in [6.45, 7) is 1.71. The van der Waals surface area contributed by atoms with Crippen LogP contribution in [-0.4, -0.2) is 43.8 Å². The van der Waals surface area contributed by atoms with Gasteiger partial charge in [0, 0.05) is 13.1 Å². The van der Waals surface area contributed by atoms with Crippen LogP contribution in [0.25, 0.3) is 0 Å². The van der Waals surface area contributed by atoms with Gasteiger partial charge in [0.15, 0.2) is 11.5 Å². The molecule has 1 unspecified atom stereocenters. The smallest absolute Gasteiger partial charge is 0.319 e. The maximum atomic E-state index is 11.2. The van der Waals surface area contributed by atoms with Crippen LogP contribution in [-0.2, 0) is 9.53 Å². The number of esters is 1. The third-order valence-corrected chi connectivity index (χ3v) is 3.33. The van der Waals surface area contributed by atoms with Crippen LogP contribution < -0.4 is 14.8 Å². The molecule has 0 bridgehead atoms. The van der Waals surface area contributed by atoms with Crippen molar-refractivity contribution >= 4 is 28.6 Å². The number of carbonyl (C=O) groups is 1. The van der Waals surface area contributed by atoms with Gasteiger partial charge in [0.05, 0.1) is 14.2 Å². The first-order valence-corrected chi connectivity index (χ1v) is 7.12. The molecule has 19 heavy (non-hydrogen) atoms. The molecule has 106 valence electrons. The molecule has 0 aliphatic rings. The van der Waals surface area contributed by atoms with Gasteiger partial charge in [-0.15, -0.1) is 0 Å². The largest absolute Gasteiger partial charge is 0.493 e. The lowest BCUT2D eigenvalue weighted by molar-refractivity contribution is -0.139. The maximum Gasteiger partial charge on any atom is 0.319 e. The minimum atomic E-state index is -0.223. The lowest BCUT2D eigenvalue weighted by Gasteiger charge is -2.12. The molecule has 0 spiro atoms. The molecule has 1 rings (SSSR count). The zero-order valence-electron chi connectivity index (χ0n) is 11.0. The van der Waals surface area contributed by atoms with E-state index in [9.17, 15) is 4.79 Å². The van der Waals surface area contributed by atoms with E-state index in [0.29, 0.717) is 31.2 Å². The van der Waals surface area contributed by atoms with Crippen LogP contribution in [0.5, 0.6) is 11.5 Å². The summed E-state index contributed by atoms with van der Waals surface area (Å²) >= 11 is 2.04. The molecule has 6 heteroatoms. The van der Waals surface area contributed by atoms with E-state index in [1.165, 1.54) is 7.11 Å². The van der Waals surface area contributed by atoms with E-state index in [0.717, 1.165) is 0 Å². The van der Waals surface area contributed by atoms with Crippen molar-refractivity contribution in [3.8, 4) is 11.5 Å². The lowest BCUT2D eigenvalue weighted by Crippen LogP contribution is -2.32. The minimum absolute atomic E-state index is 0.186. The molecule has 0 aliphatic heterocycles. The van der Waals surface area contributed by atoms with Gasteiger partial charge in [-0.05, 0) is 12.1 Å². The Balaban J connectivity index is 2.22. The Morgan fingerprint density at radius 2 is 2.00 bits per heavy atom. The van der Waals surface area contributed by atoms with Gasteiger partial charge in [-0.1, -0.05) is 34.7 Å². The number of halogens is 1. The predicted octanol–water partition coefficient (Wildman–Crippen LogP) is 1.64. The van der Waals surface area contributed by atoms with E-state index in [2.05, 4.69) is 10.1 Å². The quantitative estimate of drug-likeness (QED) is 0.322. The summed E-state index contributed by atoms with van der Waals surface area (Å²) in [6.07, 6.45) is 0. The Bertz CT molecular complexity index is 400. The highest BCUT2D eigenvalue weighted by Crippen LogP contribution is 2.25. The summed E-state index contributed by atoms with van der Waals surface area (Å²) < 4.78 is 15.2. The second-order valence-corrected chi connectivity index (χ2v) is 5.20. The van der Waals surface area contributed by atoms with Crippen LogP contribution in [0.15, 0.2) is 24.3 Å². The highest BCUT2D eigenvalue weighted by Gasteiger charge is 2.13. The van der Waals surface area contributed by atoms with Gasteiger partial charge >= 0.3 is 5.97 Å². The van der Waals surface area contributed by atoms with Gasteiger partial charge < -0.3 is 19.5 Å². The number of ether oxygens (including phenoxy) is 3. The monoisotopic (exact) mass is 379 g/mol. The second kappa shape index (κ2) is 8.98. The number of hydrogen-bond donors (Lipinski definition) is 1. The molecule has 1 atom stereocenters. The van der Waals surface area contributed by atoms with Crippen molar-refractivity contribution in [3.05, 3.63) is 24.3 Å². The van der Waals surface area contributed by atoms with Gasteiger partial charge in [-0.25, -0.2) is 0 Å². The third-order valence-electron chi connectivity index (χ3n) is 2.39. The number of benzene rings is 1. The number of para-hydroxylation sites is 2. The van der Waals surface area contributed by atoms with Crippen molar-refractivity contribution in [3.63, 3.8) is 0 Å². The Morgan fingerprint density at radius 1 is 1.32 bits per heavy atom. The second-order valence-electron chi connectivity index (χ2n) is 3.69. The minimum Gasteiger partial charge on any atom is -0.493 e. The standard InChI is InChI=1S/C13H18INO4/c1-17-11-5-3-4-6-12(11)19-8-7-15-9-10(14)13(16)18-2/h3-6,10,15H,7-9H2,1-2H3. The van der Waals surface area contributed by atoms with E-state index in [1.54, 1.807) is 7.11 Å². The normalized spacial score (nSPS) is 11.7. The summed E-state index contributed by atoms with van der Waals surface area (Å²) in [5.41, 5.74) is 0. The molecule has 0 heterocycles. The molecule has 0 saturated carbocycles. The molecule has 0 radical (unpaired) electrons. The predicted molar refractivity (Wildman–Crippen MR) is 81.2 cm³/mol. The Hall–Kier alpha value is -1.02. The average molecular weight is 379 g/mol. The van der Waals surface area contributed by atoms with Crippen LogP contribution in [0.4, 0.5) is 0 Å². The van der Waals surface area contributed by atoms with Crippen molar-refractivity contribution in [2.45, 2.75) is 3.92 Å². The van der Waals surface area contributed by atoms with E-state index in [-0.39, 0.29) is 9.89 Å². The molecule has 1 aromatic carbocycles. The van der Waals surface area contributed by atoms with Crippen molar-refractivity contribution in [1.29, 1.82) is 0 Å². The third kappa shape index (κ3) is 5.65. The van der Waals surface area contributed by atoms with Crippen molar-refractivity contribution in [2.75, 3.05) is 33.9 Å². The summed E-state index contributed by atoms with van der Waals surface area (Å²) in [7, 11) is 3.00. The van der Waals surface area contributed by atoms with Gasteiger partial charge in [0.1, 0.15) is 10.5 Å². The maximum absolute atomic E-state index is 11.2. The first kappa shape index (κ1) is 16.0. The van der Waals surface area contributed by atoms with Gasteiger partial charge in [-0.3, -0.25) is 4.79 Å². The molecule has 0 fully saturated rings. The number of nitrogens with one attached hydrogen (secondary N) is 1. The fourth-order valence-electron chi connectivity index (χ4n) is 1.41. The van der Waals surface area contributed by atoms with E-state index in [4.69, 9.17) is 9.47 Å². The fraction of sp³-hybridized carbons (Fsp3) is 0.462. The Labute approximate surface area is 126 Å². The van der Waals surface area contributed by atoms with Crippen LogP contribution in [0.3, 0.4) is 0 Å². The molecule has 0 aliphatic carbocycles. The number of alkyl halides is 1. The highest BCUT2D eigenvalue weighted by molar-refractivity contribution is 14.1. The number of rotatable bonds is 8. The fourth-order valence-corrected chi connectivity index (χ4v) is 1.98. The lowest BCUT2D eigenvalue weighted by atomic mass is 10.3. The molecular weight excluding hydrogens is 361 g/mol. The van der Waals surface area contributed by atoms with Gasteiger partial charge in [-0.2, -0.15) is 0 Å². The first-order chi connectivity index (χ1) is 9.19. The van der Waals surface area contributed by atoms with Crippen LogP contribution in [0.2, 0.25) is 0 Å². The Morgan fingerprint density at radius 3 is 2.63 bits per heavy atom. The van der Waals surface area contributed by atoms with E-state index >= 15 is 0 Å². The summed E-state index contributed by atoms with van der Waals surface area (Å²) in [5, 5.41) is 3.13. The summed E-state index contributed by atoms with van der Waals surface area (Å²) in [4.78, 5) is 11.2.